The molecule has 0 aromatic carbocycles. The molecule has 4 heteroatoms. The maximum absolute atomic E-state index is 4.52. The SMILES string of the molecule is CSc1nc(C(C)C)[n+](C(C)C)[nH]1. The summed E-state index contributed by atoms with van der Waals surface area (Å²) in [6, 6.07) is 0.450. The third-order valence-corrected chi connectivity index (χ3v) is 2.47. The van der Waals surface area contributed by atoms with E-state index in [-0.39, 0.29) is 0 Å². The zero-order valence-corrected chi connectivity index (χ0v) is 9.77. The van der Waals surface area contributed by atoms with Crippen molar-refractivity contribution in [2.24, 2.45) is 0 Å². The first kappa shape index (κ1) is 10.6. The number of H-pyrrole nitrogens is 1. The zero-order valence-electron chi connectivity index (χ0n) is 8.96. The fourth-order valence-electron chi connectivity index (χ4n) is 1.24. The molecule has 13 heavy (non-hydrogen) atoms. The summed E-state index contributed by atoms with van der Waals surface area (Å²) >= 11 is 1.65. The predicted octanol–water partition coefficient (Wildman–Crippen LogP) is 2.12. The minimum absolute atomic E-state index is 0.450. The van der Waals surface area contributed by atoms with Crippen LogP contribution in [-0.4, -0.2) is 16.3 Å². The molecule has 1 heterocycles. The van der Waals surface area contributed by atoms with Crippen molar-refractivity contribution in [3.8, 4) is 0 Å². The number of aromatic amines is 1. The van der Waals surface area contributed by atoms with Crippen LogP contribution in [0.15, 0.2) is 5.16 Å². The molecule has 1 N–H and O–H groups in total. The molecule has 1 aromatic rings. The molecule has 0 saturated carbocycles. The van der Waals surface area contributed by atoms with Gasteiger partial charge in [-0.3, -0.25) is 0 Å². The van der Waals surface area contributed by atoms with E-state index in [4.69, 9.17) is 0 Å². The Bertz CT molecular complexity index is 253. The van der Waals surface area contributed by atoms with Crippen LogP contribution >= 0.6 is 11.8 Å². The van der Waals surface area contributed by atoms with Crippen molar-refractivity contribution < 1.29 is 4.68 Å². The zero-order chi connectivity index (χ0) is 10.0. The van der Waals surface area contributed by atoms with E-state index >= 15 is 0 Å². The van der Waals surface area contributed by atoms with Gasteiger partial charge in [0.2, 0.25) is 0 Å². The summed E-state index contributed by atoms with van der Waals surface area (Å²) in [5, 5.41) is 4.28. The second kappa shape index (κ2) is 4.13. The molecular weight excluding hydrogens is 182 g/mol. The van der Waals surface area contributed by atoms with Gasteiger partial charge in [0.15, 0.2) is 0 Å². The molecule has 74 valence electrons. The number of thioether (sulfide) groups is 1. The van der Waals surface area contributed by atoms with Crippen molar-refractivity contribution in [1.82, 2.24) is 10.1 Å². The third kappa shape index (κ3) is 2.24. The van der Waals surface area contributed by atoms with E-state index < -0.39 is 0 Å². The Morgan fingerprint density at radius 1 is 1.31 bits per heavy atom. The fraction of sp³-hybridized carbons (Fsp3) is 0.778. The largest absolute Gasteiger partial charge is 0.323 e. The first-order valence-corrected chi connectivity index (χ1v) is 5.84. The highest BCUT2D eigenvalue weighted by Gasteiger charge is 2.23. The molecule has 0 fully saturated rings. The Balaban J connectivity index is 3.08. The van der Waals surface area contributed by atoms with Gasteiger partial charge in [-0.2, -0.15) is 9.78 Å². The number of aromatic nitrogens is 3. The van der Waals surface area contributed by atoms with Crippen LogP contribution in [0.1, 0.15) is 45.5 Å². The van der Waals surface area contributed by atoms with Gasteiger partial charge in [-0.1, -0.05) is 25.6 Å². The monoisotopic (exact) mass is 200 g/mol. The van der Waals surface area contributed by atoms with Crippen LogP contribution in [0.4, 0.5) is 0 Å². The Morgan fingerprint density at radius 3 is 2.23 bits per heavy atom. The van der Waals surface area contributed by atoms with Crippen LogP contribution in [-0.2, 0) is 0 Å². The minimum Gasteiger partial charge on any atom is -0.182 e. The molecule has 1 rings (SSSR count). The number of hydrogen-bond acceptors (Lipinski definition) is 2. The van der Waals surface area contributed by atoms with Crippen LogP contribution in [0.25, 0.3) is 0 Å². The molecule has 0 atom stereocenters. The topological polar surface area (TPSA) is 32.6 Å². The lowest BCUT2D eigenvalue weighted by molar-refractivity contribution is -0.777. The maximum Gasteiger partial charge on any atom is 0.323 e. The van der Waals surface area contributed by atoms with E-state index in [9.17, 15) is 0 Å². The second-order valence-corrected chi connectivity index (χ2v) is 4.50. The van der Waals surface area contributed by atoms with Crippen molar-refractivity contribution in [1.29, 1.82) is 0 Å². The summed E-state index contributed by atoms with van der Waals surface area (Å²) in [6.45, 7) is 8.65. The molecule has 0 aliphatic rings. The van der Waals surface area contributed by atoms with Crippen LogP contribution in [0, 0.1) is 0 Å². The van der Waals surface area contributed by atoms with Crippen molar-refractivity contribution in [2.45, 2.75) is 44.8 Å². The van der Waals surface area contributed by atoms with E-state index in [0.717, 1.165) is 11.0 Å². The van der Waals surface area contributed by atoms with Crippen molar-refractivity contribution in [3.05, 3.63) is 5.82 Å². The number of nitrogens with one attached hydrogen (secondary N) is 1. The van der Waals surface area contributed by atoms with Gasteiger partial charge >= 0.3 is 11.0 Å². The highest BCUT2D eigenvalue weighted by molar-refractivity contribution is 7.98. The van der Waals surface area contributed by atoms with E-state index in [0.29, 0.717) is 12.0 Å². The summed E-state index contributed by atoms with van der Waals surface area (Å²) < 4.78 is 2.14. The molecular formula is C9H18N3S+. The van der Waals surface area contributed by atoms with Gasteiger partial charge in [-0.05, 0) is 25.1 Å². The van der Waals surface area contributed by atoms with Crippen LogP contribution < -0.4 is 4.68 Å². The second-order valence-electron chi connectivity index (χ2n) is 3.71. The molecule has 0 amide bonds. The average Bonchev–Trinajstić information content (AvgIpc) is 2.47. The quantitative estimate of drug-likeness (QED) is 0.599. The standard InChI is InChI=1S/C9H17N3S/c1-6(2)8-10-9(13-5)11-12(8)7(3)4/h6-7H,1-5H3/p+1. The normalized spacial score (nSPS) is 11.6. The number of nitrogens with zero attached hydrogens (tertiary/aromatic N) is 2. The maximum atomic E-state index is 4.52. The predicted molar refractivity (Wildman–Crippen MR) is 55.0 cm³/mol. The molecule has 1 aromatic heterocycles. The average molecular weight is 200 g/mol. The van der Waals surface area contributed by atoms with E-state index in [1.807, 2.05) is 6.26 Å². The first-order valence-electron chi connectivity index (χ1n) is 4.61. The molecule has 0 radical (unpaired) electrons. The summed E-state index contributed by atoms with van der Waals surface area (Å²) in [5.74, 6) is 1.61. The lowest BCUT2D eigenvalue weighted by Gasteiger charge is -2.02. The Hall–Kier alpha value is -0.510. The lowest BCUT2D eigenvalue weighted by atomic mass is 10.2. The van der Waals surface area contributed by atoms with Gasteiger partial charge in [0, 0.05) is 0 Å². The minimum atomic E-state index is 0.450. The molecule has 0 bridgehead atoms. The van der Waals surface area contributed by atoms with Gasteiger partial charge in [0.1, 0.15) is 6.04 Å². The molecule has 3 nitrogen and oxygen atoms in total. The summed E-state index contributed by atoms with van der Waals surface area (Å²) in [7, 11) is 0. The Morgan fingerprint density at radius 2 is 1.92 bits per heavy atom. The molecule has 0 unspecified atom stereocenters. The van der Waals surface area contributed by atoms with E-state index in [2.05, 4.69) is 42.5 Å². The van der Waals surface area contributed by atoms with Crippen molar-refractivity contribution in [3.63, 3.8) is 0 Å². The number of rotatable bonds is 3. The van der Waals surface area contributed by atoms with Gasteiger partial charge in [0.05, 0.1) is 5.92 Å². The fourth-order valence-corrected chi connectivity index (χ4v) is 1.61. The van der Waals surface area contributed by atoms with E-state index in [1.54, 1.807) is 11.8 Å². The van der Waals surface area contributed by atoms with Crippen LogP contribution in [0.3, 0.4) is 0 Å². The van der Waals surface area contributed by atoms with Gasteiger partial charge in [0.25, 0.3) is 0 Å². The van der Waals surface area contributed by atoms with Gasteiger partial charge < -0.3 is 0 Å². The van der Waals surface area contributed by atoms with Gasteiger partial charge in [-0.15, -0.1) is 0 Å². The Kier molecular flexibility index (Phi) is 3.36. The highest BCUT2D eigenvalue weighted by Crippen LogP contribution is 2.13. The Labute approximate surface area is 83.9 Å². The van der Waals surface area contributed by atoms with Crippen molar-refractivity contribution >= 4 is 11.8 Å². The summed E-state index contributed by atoms with van der Waals surface area (Å²) in [6.07, 6.45) is 2.04. The molecule has 0 aliphatic carbocycles. The molecule has 0 saturated heterocycles. The number of hydrogen-bond donors (Lipinski definition) is 1. The van der Waals surface area contributed by atoms with E-state index in [1.165, 1.54) is 0 Å². The summed E-state index contributed by atoms with van der Waals surface area (Å²) in [4.78, 5) is 4.52. The van der Waals surface area contributed by atoms with Crippen LogP contribution in [0.5, 0.6) is 0 Å². The molecule has 0 spiro atoms. The summed E-state index contributed by atoms with van der Waals surface area (Å²) in [5.41, 5.74) is 0. The third-order valence-electron chi connectivity index (χ3n) is 1.91. The first-order chi connectivity index (χ1) is 6.06. The van der Waals surface area contributed by atoms with Crippen molar-refractivity contribution in [2.75, 3.05) is 6.26 Å². The van der Waals surface area contributed by atoms with Gasteiger partial charge in [-0.25, -0.2) is 0 Å². The van der Waals surface area contributed by atoms with Crippen LogP contribution in [0.2, 0.25) is 0 Å². The molecule has 0 aliphatic heterocycles. The smallest absolute Gasteiger partial charge is 0.182 e. The lowest BCUT2D eigenvalue weighted by Crippen LogP contribution is -2.42. The highest BCUT2D eigenvalue weighted by atomic mass is 32.2.